The summed E-state index contributed by atoms with van der Waals surface area (Å²) in [5.41, 5.74) is 2.07. The zero-order valence-corrected chi connectivity index (χ0v) is 15.3. The van der Waals surface area contributed by atoms with Crippen molar-refractivity contribution in [2.75, 3.05) is 18.7 Å². The zero-order chi connectivity index (χ0) is 19.9. The molecular weight excluding hydrogens is 360 g/mol. The molecule has 8 nitrogen and oxygen atoms in total. The second-order valence-electron chi connectivity index (χ2n) is 6.06. The molecule has 0 fully saturated rings. The summed E-state index contributed by atoms with van der Waals surface area (Å²) < 4.78 is 5.01. The quantitative estimate of drug-likeness (QED) is 0.773. The van der Waals surface area contributed by atoms with Crippen LogP contribution in [-0.4, -0.2) is 37.3 Å². The standard InChI is InChI=1S/C20H20N4O4/c1-21-20(27)22-18(25)13-28-19(26)16-12-17(14-8-4-2-5-9-14)24(23-16)15-10-6-3-7-11-15/h2-11,17H,12-13H2,1H3,(H2,21,22,25,27). The molecule has 28 heavy (non-hydrogen) atoms. The van der Waals surface area contributed by atoms with Crippen LogP contribution in [0.1, 0.15) is 18.0 Å². The van der Waals surface area contributed by atoms with E-state index >= 15 is 0 Å². The molecule has 0 bridgehead atoms. The maximum atomic E-state index is 12.4. The van der Waals surface area contributed by atoms with Crippen LogP contribution < -0.4 is 15.6 Å². The maximum Gasteiger partial charge on any atom is 0.355 e. The van der Waals surface area contributed by atoms with Crippen molar-refractivity contribution >= 4 is 29.3 Å². The van der Waals surface area contributed by atoms with Crippen LogP contribution in [0.25, 0.3) is 0 Å². The van der Waals surface area contributed by atoms with Crippen molar-refractivity contribution in [3.8, 4) is 0 Å². The molecule has 3 amide bonds. The first-order valence-electron chi connectivity index (χ1n) is 8.74. The van der Waals surface area contributed by atoms with E-state index in [9.17, 15) is 14.4 Å². The smallest absolute Gasteiger partial charge is 0.355 e. The summed E-state index contributed by atoms with van der Waals surface area (Å²) in [7, 11) is 1.38. The molecule has 1 unspecified atom stereocenters. The Bertz CT molecular complexity index is 884. The number of ether oxygens (including phenoxy) is 1. The molecule has 2 N–H and O–H groups in total. The van der Waals surface area contributed by atoms with Crippen molar-refractivity contribution in [1.29, 1.82) is 0 Å². The number of urea groups is 1. The first kappa shape index (κ1) is 19.1. The lowest BCUT2D eigenvalue weighted by atomic mass is 10.0. The number of rotatable bonds is 5. The molecule has 0 spiro atoms. The van der Waals surface area contributed by atoms with E-state index in [0.29, 0.717) is 6.42 Å². The number of esters is 1. The van der Waals surface area contributed by atoms with E-state index in [4.69, 9.17) is 4.74 Å². The Morgan fingerprint density at radius 1 is 1.07 bits per heavy atom. The monoisotopic (exact) mass is 380 g/mol. The average molecular weight is 380 g/mol. The molecule has 0 aromatic heterocycles. The predicted octanol–water partition coefficient (Wildman–Crippen LogP) is 1.99. The van der Waals surface area contributed by atoms with E-state index in [1.165, 1.54) is 7.05 Å². The van der Waals surface area contributed by atoms with Gasteiger partial charge in [0.25, 0.3) is 5.91 Å². The molecule has 0 saturated carbocycles. The fraction of sp³-hybridized carbons (Fsp3) is 0.200. The number of hydrazone groups is 1. The number of hydrogen-bond acceptors (Lipinski definition) is 6. The fourth-order valence-electron chi connectivity index (χ4n) is 2.83. The van der Waals surface area contributed by atoms with E-state index in [1.54, 1.807) is 5.01 Å². The number of imide groups is 1. The number of carbonyl (C=O) groups is 3. The molecular formula is C20H20N4O4. The van der Waals surface area contributed by atoms with Gasteiger partial charge in [0, 0.05) is 13.5 Å². The molecule has 2 aromatic carbocycles. The van der Waals surface area contributed by atoms with Crippen molar-refractivity contribution in [3.63, 3.8) is 0 Å². The van der Waals surface area contributed by atoms with Crippen LogP contribution in [-0.2, 0) is 14.3 Å². The Hall–Kier alpha value is -3.68. The third-order valence-electron chi connectivity index (χ3n) is 4.17. The summed E-state index contributed by atoms with van der Waals surface area (Å²) in [4.78, 5) is 35.1. The number of nitrogens with zero attached hydrogens (tertiary/aromatic N) is 2. The van der Waals surface area contributed by atoms with Gasteiger partial charge in [-0.3, -0.25) is 15.1 Å². The van der Waals surface area contributed by atoms with Gasteiger partial charge in [0.05, 0.1) is 11.7 Å². The molecule has 144 valence electrons. The Labute approximate surface area is 162 Å². The molecule has 8 heteroatoms. The molecule has 1 atom stereocenters. The molecule has 1 aliphatic heterocycles. The number of anilines is 1. The van der Waals surface area contributed by atoms with Gasteiger partial charge < -0.3 is 10.1 Å². The molecule has 1 heterocycles. The van der Waals surface area contributed by atoms with Gasteiger partial charge >= 0.3 is 12.0 Å². The summed E-state index contributed by atoms with van der Waals surface area (Å²) in [6.45, 7) is -0.563. The number of nitrogens with one attached hydrogen (secondary N) is 2. The topological polar surface area (TPSA) is 100 Å². The summed E-state index contributed by atoms with van der Waals surface area (Å²) in [6, 6.07) is 18.4. The van der Waals surface area contributed by atoms with E-state index < -0.39 is 24.5 Å². The van der Waals surface area contributed by atoms with Crippen molar-refractivity contribution < 1.29 is 19.1 Å². The SMILES string of the molecule is CNC(=O)NC(=O)COC(=O)C1=NN(c2ccccc2)C(c2ccccc2)C1. The van der Waals surface area contributed by atoms with Crippen LogP contribution in [0.15, 0.2) is 65.8 Å². The van der Waals surface area contributed by atoms with Crippen molar-refractivity contribution in [3.05, 3.63) is 66.2 Å². The molecule has 0 aliphatic carbocycles. The Kier molecular flexibility index (Phi) is 6.01. The summed E-state index contributed by atoms with van der Waals surface area (Å²) >= 11 is 0. The fourth-order valence-corrected chi connectivity index (χ4v) is 2.83. The second-order valence-corrected chi connectivity index (χ2v) is 6.06. The number of para-hydroxylation sites is 1. The van der Waals surface area contributed by atoms with Gasteiger partial charge in [-0.25, -0.2) is 9.59 Å². The maximum absolute atomic E-state index is 12.4. The highest BCUT2D eigenvalue weighted by molar-refractivity contribution is 6.37. The summed E-state index contributed by atoms with van der Waals surface area (Å²) in [6.07, 6.45) is 0.342. The highest BCUT2D eigenvalue weighted by Gasteiger charge is 2.33. The normalized spacial score (nSPS) is 15.5. The molecule has 2 aromatic rings. The minimum atomic E-state index is -0.717. The van der Waals surface area contributed by atoms with Gasteiger partial charge in [0.1, 0.15) is 5.71 Å². The number of benzene rings is 2. The van der Waals surface area contributed by atoms with Crippen molar-refractivity contribution in [1.82, 2.24) is 10.6 Å². The third-order valence-corrected chi connectivity index (χ3v) is 4.17. The molecule has 0 saturated heterocycles. The Morgan fingerprint density at radius 3 is 2.36 bits per heavy atom. The number of carbonyl (C=O) groups excluding carboxylic acids is 3. The minimum Gasteiger partial charge on any atom is -0.451 e. The Balaban J connectivity index is 1.73. The second kappa shape index (κ2) is 8.81. The highest BCUT2D eigenvalue weighted by Crippen LogP contribution is 2.35. The summed E-state index contributed by atoms with van der Waals surface area (Å²) in [5, 5.41) is 10.5. The largest absolute Gasteiger partial charge is 0.451 e. The van der Waals surface area contributed by atoms with Gasteiger partial charge in [-0.1, -0.05) is 48.5 Å². The van der Waals surface area contributed by atoms with Crippen molar-refractivity contribution in [2.24, 2.45) is 5.10 Å². The lowest BCUT2D eigenvalue weighted by Gasteiger charge is -2.23. The lowest BCUT2D eigenvalue weighted by molar-refractivity contribution is -0.141. The average Bonchev–Trinajstić information content (AvgIpc) is 3.19. The van der Waals surface area contributed by atoms with Gasteiger partial charge in [0.2, 0.25) is 0 Å². The molecule has 1 aliphatic rings. The first-order valence-corrected chi connectivity index (χ1v) is 8.74. The van der Waals surface area contributed by atoms with E-state index in [1.807, 2.05) is 66.0 Å². The van der Waals surface area contributed by atoms with Crippen LogP contribution in [0.4, 0.5) is 10.5 Å². The van der Waals surface area contributed by atoms with Crippen LogP contribution in [0.3, 0.4) is 0 Å². The first-order chi connectivity index (χ1) is 13.6. The van der Waals surface area contributed by atoms with E-state index in [-0.39, 0.29) is 11.8 Å². The Morgan fingerprint density at radius 2 is 1.71 bits per heavy atom. The minimum absolute atomic E-state index is 0.161. The predicted molar refractivity (Wildman–Crippen MR) is 104 cm³/mol. The van der Waals surface area contributed by atoms with E-state index in [0.717, 1.165) is 11.3 Å². The highest BCUT2D eigenvalue weighted by atomic mass is 16.5. The number of hydrogen-bond donors (Lipinski definition) is 2. The van der Waals surface area contributed by atoms with Crippen LogP contribution in [0, 0.1) is 0 Å². The van der Waals surface area contributed by atoms with Gasteiger partial charge in [-0.05, 0) is 17.7 Å². The van der Waals surface area contributed by atoms with Gasteiger partial charge in [0.15, 0.2) is 6.61 Å². The lowest BCUT2D eigenvalue weighted by Crippen LogP contribution is -2.40. The molecule has 0 radical (unpaired) electrons. The van der Waals surface area contributed by atoms with Gasteiger partial charge in [-0.15, -0.1) is 0 Å². The third kappa shape index (κ3) is 4.53. The van der Waals surface area contributed by atoms with E-state index in [2.05, 4.69) is 10.4 Å². The summed E-state index contributed by atoms with van der Waals surface area (Å²) in [5.74, 6) is -1.41. The van der Waals surface area contributed by atoms with Crippen LogP contribution >= 0.6 is 0 Å². The van der Waals surface area contributed by atoms with Crippen molar-refractivity contribution in [2.45, 2.75) is 12.5 Å². The molecule has 3 rings (SSSR count). The number of amides is 3. The van der Waals surface area contributed by atoms with Crippen LogP contribution in [0.2, 0.25) is 0 Å². The zero-order valence-electron chi connectivity index (χ0n) is 15.3. The van der Waals surface area contributed by atoms with Gasteiger partial charge in [-0.2, -0.15) is 5.10 Å². The van der Waals surface area contributed by atoms with Crippen LogP contribution in [0.5, 0.6) is 0 Å².